The van der Waals surface area contributed by atoms with E-state index in [4.69, 9.17) is 0 Å². The predicted molar refractivity (Wildman–Crippen MR) is 68.6 cm³/mol. The molecular weight excluding hydrogens is 202 g/mol. The standard InChI is InChI=1S/C12H27N3O/c1-6-15(7-2)10-11(3)13-9-8-12(16)14(4)5/h11,13H,6-10H2,1-5H3. The zero-order valence-corrected chi connectivity index (χ0v) is 11.4. The predicted octanol–water partition coefficient (Wildman–Crippen LogP) is 0.785. The Kier molecular flexibility index (Phi) is 8.21. The molecule has 0 saturated heterocycles. The van der Waals surface area contributed by atoms with E-state index in [0.29, 0.717) is 12.5 Å². The number of carbonyl (C=O) groups excluding carboxylic acids is 1. The van der Waals surface area contributed by atoms with Gasteiger partial charge in [0.2, 0.25) is 5.91 Å². The molecule has 1 amide bonds. The second kappa shape index (κ2) is 8.53. The quantitative estimate of drug-likeness (QED) is 0.668. The molecule has 0 fully saturated rings. The van der Waals surface area contributed by atoms with Crippen molar-refractivity contribution in [2.75, 3.05) is 40.3 Å². The molecule has 0 aliphatic rings. The molecule has 1 N–H and O–H groups in total. The van der Waals surface area contributed by atoms with Crippen molar-refractivity contribution in [1.29, 1.82) is 0 Å². The number of likely N-dealkylation sites (N-methyl/N-ethyl adjacent to an activating group) is 1. The first-order chi connectivity index (χ1) is 7.51. The fourth-order valence-electron chi connectivity index (χ4n) is 1.58. The Bertz CT molecular complexity index is 191. The molecule has 1 unspecified atom stereocenters. The van der Waals surface area contributed by atoms with Gasteiger partial charge in [0.1, 0.15) is 0 Å². The van der Waals surface area contributed by atoms with Crippen LogP contribution in [0, 0.1) is 0 Å². The van der Waals surface area contributed by atoms with Gasteiger partial charge in [-0.3, -0.25) is 4.79 Å². The molecule has 0 radical (unpaired) electrons. The molecule has 1 atom stereocenters. The van der Waals surface area contributed by atoms with E-state index in [9.17, 15) is 4.79 Å². The van der Waals surface area contributed by atoms with E-state index < -0.39 is 0 Å². The van der Waals surface area contributed by atoms with E-state index in [1.54, 1.807) is 19.0 Å². The largest absolute Gasteiger partial charge is 0.349 e. The van der Waals surface area contributed by atoms with Crippen molar-refractivity contribution in [2.45, 2.75) is 33.2 Å². The zero-order valence-electron chi connectivity index (χ0n) is 11.4. The molecule has 0 rings (SSSR count). The number of hydrogen-bond acceptors (Lipinski definition) is 3. The summed E-state index contributed by atoms with van der Waals surface area (Å²) >= 11 is 0. The Morgan fingerprint density at radius 2 is 1.81 bits per heavy atom. The molecule has 0 saturated carbocycles. The van der Waals surface area contributed by atoms with Crippen molar-refractivity contribution in [3.8, 4) is 0 Å². The summed E-state index contributed by atoms with van der Waals surface area (Å²) in [5.41, 5.74) is 0. The number of nitrogens with one attached hydrogen (secondary N) is 1. The molecule has 0 aliphatic heterocycles. The summed E-state index contributed by atoms with van der Waals surface area (Å²) in [5, 5.41) is 3.38. The number of carbonyl (C=O) groups is 1. The molecular formula is C12H27N3O. The Balaban J connectivity index is 3.65. The second-order valence-electron chi connectivity index (χ2n) is 4.38. The first-order valence-electron chi connectivity index (χ1n) is 6.17. The highest BCUT2D eigenvalue weighted by Crippen LogP contribution is 1.92. The van der Waals surface area contributed by atoms with Crippen LogP contribution in [0.25, 0.3) is 0 Å². The van der Waals surface area contributed by atoms with Crippen molar-refractivity contribution in [2.24, 2.45) is 0 Å². The Hall–Kier alpha value is -0.610. The topological polar surface area (TPSA) is 35.6 Å². The van der Waals surface area contributed by atoms with Crippen molar-refractivity contribution in [3.05, 3.63) is 0 Å². The van der Waals surface area contributed by atoms with E-state index in [-0.39, 0.29) is 5.91 Å². The minimum Gasteiger partial charge on any atom is -0.349 e. The minimum atomic E-state index is 0.183. The third kappa shape index (κ3) is 6.80. The van der Waals surface area contributed by atoms with Crippen LogP contribution in [0.5, 0.6) is 0 Å². The Labute approximate surface area is 100.0 Å². The van der Waals surface area contributed by atoms with E-state index in [1.165, 1.54) is 0 Å². The average Bonchev–Trinajstić information content (AvgIpc) is 2.25. The molecule has 0 aromatic heterocycles. The van der Waals surface area contributed by atoms with Crippen molar-refractivity contribution >= 4 is 5.91 Å². The van der Waals surface area contributed by atoms with Crippen LogP contribution in [-0.4, -0.2) is 62.0 Å². The highest BCUT2D eigenvalue weighted by atomic mass is 16.2. The number of nitrogens with zero attached hydrogens (tertiary/aromatic N) is 2. The zero-order chi connectivity index (χ0) is 12.6. The van der Waals surface area contributed by atoms with Crippen molar-refractivity contribution in [1.82, 2.24) is 15.1 Å². The van der Waals surface area contributed by atoms with Crippen LogP contribution in [0.15, 0.2) is 0 Å². The molecule has 4 heteroatoms. The fraction of sp³-hybridized carbons (Fsp3) is 0.917. The minimum absolute atomic E-state index is 0.183. The van der Waals surface area contributed by atoms with Gasteiger partial charge in [-0.15, -0.1) is 0 Å². The summed E-state index contributed by atoms with van der Waals surface area (Å²) in [4.78, 5) is 15.4. The highest BCUT2D eigenvalue weighted by molar-refractivity contribution is 5.75. The SMILES string of the molecule is CCN(CC)CC(C)NCCC(=O)N(C)C. The van der Waals surface area contributed by atoms with Gasteiger partial charge in [-0.2, -0.15) is 0 Å². The first-order valence-corrected chi connectivity index (χ1v) is 6.17. The summed E-state index contributed by atoms with van der Waals surface area (Å²) in [7, 11) is 3.59. The van der Waals surface area contributed by atoms with E-state index in [0.717, 1.165) is 26.2 Å². The van der Waals surface area contributed by atoms with Crippen LogP contribution in [-0.2, 0) is 4.79 Å². The number of amides is 1. The molecule has 0 aliphatic carbocycles. The molecule has 4 nitrogen and oxygen atoms in total. The highest BCUT2D eigenvalue weighted by Gasteiger charge is 2.08. The van der Waals surface area contributed by atoms with Crippen LogP contribution in [0.2, 0.25) is 0 Å². The Morgan fingerprint density at radius 3 is 2.25 bits per heavy atom. The summed E-state index contributed by atoms with van der Waals surface area (Å²) in [6, 6.07) is 0.440. The molecule has 96 valence electrons. The molecule has 0 aromatic carbocycles. The summed E-state index contributed by atoms with van der Waals surface area (Å²) in [6.07, 6.45) is 0.579. The average molecular weight is 229 g/mol. The van der Waals surface area contributed by atoms with Gasteiger partial charge >= 0.3 is 0 Å². The van der Waals surface area contributed by atoms with Crippen molar-refractivity contribution in [3.63, 3.8) is 0 Å². The summed E-state index contributed by atoms with van der Waals surface area (Å²) < 4.78 is 0. The molecule has 16 heavy (non-hydrogen) atoms. The van der Waals surface area contributed by atoms with Crippen LogP contribution < -0.4 is 5.32 Å². The van der Waals surface area contributed by atoms with Crippen LogP contribution in [0.4, 0.5) is 0 Å². The summed E-state index contributed by atoms with van der Waals surface area (Å²) in [6.45, 7) is 10.5. The van der Waals surface area contributed by atoms with Crippen molar-refractivity contribution < 1.29 is 4.79 Å². The third-order valence-corrected chi connectivity index (χ3v) is 2.76. The maximum atomic E-state index is 11.3. The van der Waals surface area contributed by atoms with Gasteiger partial charge in [0, 0.05) is 39.6 Å². The molecule has 0 aromatic rings. The smallest absolute Gasteiger partial charge is 0.223 e. The lowest BCUT2D eigenvalue weighted by Gasteiger charge is -2.23. The number of hydrogen-bond donors (Lipinski definition) is 1. The van der Waals surface area contributed by atoms with Gasteiger partial charge in [-0.25, -0.2) is 0 Å². The monoisotopic (exact) mass is 229 g/mol. The number of rotatable bonds is 8. The van der Waals surface area contributed by atoms with Crippen LogP contribution in [0.1, 0.15) is 27.2 Å². The third-order valence-electron chi connectivity index (χ3n) is 2.76. The van der Waals surface area contributed by atoms with Crippen LogP contribution >= 0.6 is 0 Å². The second-order valence-corrected chi connectivity index (χ2v) is 4.38. The molecule has 0 bridgehead atoms. The Morgan fingerprint density at radius 1 is 1.25 bits per heavy atom. The van der Waals surface area contributed by atoms with Gasteiger partial charge in [-0.05, 0) is 20.0 Å². The lowest BCUT2D eigenvalue weighted by atomic mass is 10.3. The van der Waals surface area contributed by atoms with E-state index >= 15 is 0 Å². The maximum Gasteiger partial charge on any atom is 0.223 e. The lowest BCUT2D eigenvalue weighted by Crippen LogP contribution is -2.40. The van der Waals surface area contributed by atoms with Gasteiger partial charge in [-0.1, -0.05) is 13.8 Å². The van der Waals surface area contributed by atoms with Crippen LogP contribution in [0.3, 0.4) is 0 Å². The molecule has 0 spiro atoms. The summed E-state index contributed by atoms with van der Waals surface area (Å²) in [5.74, 6) is 0.183. The van der Waals surface area contributed by atoms with Gasteiger partial charge in [0.15, 0.2) is 0 Å². The fourth-order valence-corrected chi connectivity index (χ4v) is 1.58. The van der Waals surface area contributed by atoms with Gasteiger partial charge in [0.25, 0.3) is 0 Å². The maximum absolute atomic E-state index is 11.3. The van der Waals surface area contributed by atoms with Gasteiger partial charge in [0.05, 0.1) is 0 Å². The van der Waals surface area contributed by atoms with E-state index in [2.05, 4.69) is 31.0 Å². The first kappa shape index (κ1) is 15.4. The van der Waals surface area contributed by atoms with Gasteiger partial charge < -0.3 is 15.1 Å². The van der Waals surface area contributed by atoms with E-state index in [1.807, 2.05) is 0 Å². The lowest BCUT2D eigenvalue weighted by molar-refractivity contribution is -0.128. The normalized spacial score (nSPS) is 12.9. The molecule has 0 heterocycles.